The molecule has 32 heavy (non-hydrogen) atoms. The molecule has 7 nitrogen and oxygen atoms in total. The van der Waals surface area contributed by atoms with Crippen molar-refractivity contribution in [3.63, 3.8) is 0 Å². The van der Waals surface area contributed by atoms with Gasteiger partial charge in [-0.15, -0.1) is 0 Å². The van der Waals surface area contributed by atoms with E-state index in [2.05, 4.69) is 10.3 Å². The zero-order valence-corrected chi connectivity index (χ0v) is 18.7. The normalized spacial score (nSPS) is 11.0. The molecule has 0 unspecified atom stereocenters. The molecule has 3 aromatic rings. The van der Waals surface area contributed by atoms with Crippen molar-refractivity contribution in [1.29, 1.82) is 0 Å². The van der Waals surface area contributed by atoms with Gasteiger partial charge in [-0.25, -0.2) is 4.98 Å². The molecule has 0 radical (unpaired) electrons. The van der Waals surface area contributed by atoms with E-state index in [1.807, 2.05) is 42.5 Å². The van der Waals surface area contributed by atoms with Crippen LogP contribution in [0.5, 0.6) is 17.4 Å². The second-order valence-electron chi connectivity index (χ2n) is 7.74. The fourth-order valence-electron chi connectivity index (χ4n) is 3.01. The molecule has 168 valence electrons. The summed E-state index contributed by atoms with van der Waals surface area (Å²) >= 11 is 0. The van der Waals surface area contributed by atoms with Gasteiger partial charge in [0.2, 0.25) is 5.88 Å². The third-order valence-corrected chi connectivity index (χ3v) is 4.78. The molecule has 0 bridgehead atoms. The van der Waals surface area contributed by atoms with Gasteiger partial charge in [0.05, 0.1) is 26.5 Å². The number of carbonyl (C=O) groups is 1. The number of hydrogen-bond donors (Lipinski definition) is 2. The zero-order valence-electron chi connectivity index (χ0n) is 18.7. The number of rotatable bonds is 9. The molecule has 3 rings (SSSR count). The van der Waals surface area contributed by atoms with E-state index in [-0.39, 0.29) is 0 Å². The van der Waals surface area contributed by atoms with Gasteiger partial charge in [-0.05, 0) is 49.7 Å². The fourth-order valence-corrected chi connectivity index (χ4v) is 3.01. The van der Waals surface area contributed by atoms with E-state index >= 15 is 0 Å². The van der Waals surface area contributed by atoms with E-state index in [4.69, 9.17) is 14.2 Å². The van der Waals surface area contributed by atoms with Crippen LogP contribution in [0.2, 0.25) is 0 Å². The Kier molecular flexibility index (Phi) is 7.33. The lowest BCUT2D eigenvalue weighted by molar-refractivity contribution is -0.130. The summed E-state index contributed by atoms with van der Waals surface area (Å²) in [6.45, 7) is 3.33. The monoisotopic (exact) mass is 436 g/mol. The summed E-state index contributed by atoms with van der Waals surface area (Å²) in [6, 6.07) is 18.6. The molecule has 0 aliphatic heterocycles. The maximum Gasteiger partial charge on any atom is 0.255 e. The average Bonchev–Trinajstić information content (AvgIpc) is 2.78. The number of pyridine rings is 1. The lowest BCUT2D eigenvalue weighted by Crippen LogP contribution is -2.36. The molecular formula is C25H28N2O5. The topological polar surface area (TPSA) is 89.9 Å². The van der Waals surface area contributed by atoms with Gasteiger partial charge in [0.25, 0.3) is 5.91 Å². The van der Waals surface area contributed by atoms with Gasteiger partial charge >= 0.3 is 0 Å². The highest BCUT2D eigenvalue weighted by Gasteiger charge is 2.23. The second kappa shape index (κ2) is 10.2. The minimum atomic E-state index is -1.46. The van der Waals surface area contributed by atoms with Gasteiger partial charge in [-0.3, -0.25) is 4.79 Å². The molecular weight excluding hydrogens is 408 g/mol. The van der Waals surface area contributed by atoms with Gasteiger partial charge in [0.1, 0.15) is 5.60 Å². The molecule has 0 aliphatic rings. The molecule has 1 aromatic heterocycles. The molecule has 0 fully saturated rings. The molecule has 0 saturated carbocycles. The smallest absolute Gasteiger partial charge is 0.255 e. The standard InChI is InChI=1S/C25H28N2O5/c1-25(2,29)24(28)26-19-8-5-7-18(16-19)20-9-6-10-23(27-20)32-14-13-17-11-12-21(30-3)22(15-17)31-4/h5-12,15-16,29H,13-14H2,1-4H3,(H,26,28). The summed E-state index contributed by atoms with van der Waals surface area (Å²) in [5, 5.41) is 12.5. The SMILES string of the molecule is COc1ccc(CCOc2cccc(-c3cccc(NC(=O)C(C)(C)O)c3)n2)cc1OC. The van der Waals surface area contributed by atoms with Gasteiger partial charge in [-0.2, -0.15) is 0 Å². The number of carbonyl (C=O) groups excluding carboxylic acids is 1. The highest BCUT2D eigenvalue weighted by molar-refractivity contribution is 5.96. The Balaban J connectivity index is 1.66. The van der Waals surface area contributed by atoms with Crippen LogP contribution in [0.25, 0.3) is 11.3 Å². The van der Waals surface area contributed by atoms with Crippen molar-refractivity contribution in [2.24, 2.45) is 0 Å². The van der Waals surface area contributed by atoms with Crippen LogP contribution in [0.3, 0.4) is 0 Å². The Morgan fingerprint density at radius 2 is 1.75 bits per heavy atom. The van der Waals surface area contributed by atoms with Crippen LogP contribution >= 0.6 is 0 Å². The quantitative estimate of drug-likeness (QED) is 0.525. The third kappa shape index (κ3) is 5.98. The molecule has 2 aromatic carbocycles. The molecule has 2 N–H and O–H groups in total. The Labute approximate surface area is 188 Å². The minimum Gasteiger partial charge on any atom is -0.493 e. The first-order valence-electron chi connectivity index (χ1n) is 10.2. The van der Waals surface area contributed by atoms with E-state index < -0.39 is 11.5 Å². The summed E-state index contributed by atoms with van der Waals surface area (Å²) in [4.78, 5) is 16.6. The van der Waals surface area contributed by atoms with Crippen LogP contribution in [0.4, 0.5) is 5.69 Å². The van der Waals surface area contributed by atoms with Crippen LogP contribution in [0.1, 0.15) is 19.4 Å². The average molecular weight is 437 g/mol. The molecule has 1 amide bonds. The Morgan fingerprint density at radius 1 is 1.00 bits per heavy atom. The number of nitrogens with one attached hydrogen (secondary N) is 1. The number of anilines is 1. The van der Waals surface area contributed by atoms with Crippen molar-refractivity contribution in [3.05, 3.63) is 66.2 Å². The van der Waals surface area contributed by atoms with Gasteiger partial charge in [0, 0.05) is 23.7 Å². The van der Waals surface area contributed by atoms with Crippen molar-refractivity contribution in [2.75, 3.05) is 26.1 Å². The van der Waals surface area contributed by atoms with Crippen LogP contribution in [0.15, 0.2) is 60.7 Å². The number of methoxy groups -OCH3 is 2. The minimum absolute atomic E-state index is 0.452. The van der Waals surface area contributed by atoms with E-state index in [1.165, 1.54) is 13.8 Å². The predicted molar refractivity (Wildman–Crippen MR) is 123 cm³/mol. The molecule has 0 aliphatic carbocycles. The Bertz CT molecular complexity index is 1080. The van der Waals surface area contributed by atoms with Crippen LogP contribution in [0, 0.1) is 0 Å². The lowest BCUT2D eigenvalue weighted by atomic mass is 10.1. The van der Waals surface area contributed by atoms with Crippen molar-refractivity contribution in [3.8, 4) is 28.6 Å². The van der Waals surface area contributed by atoms with E-state index in [0.717, 1.165) is 11.1 Å². The summed E-state index contributed by atoms with van der Waals surface area (Å²) in [5.74, 6) is 1.40. The Hall–Kier alpha value is -3.58. The second-order valence-corrected chi connectivity index (χ2v) is 7.74. The number of aromatic nitrogens is 1. The number of benzene rings is 2. The number of ether oxygens (including phenoxy) is 3. The van der Waals surface area contributed by atoms with Gasteiger partial charge in [0.15, 0.2) is 11.5 Å². The largest absolute Gasteiger partial charge is 0.493 e. The number of hydrogen-bond acceptors (Lipinski definition) is 6. The number of nitrogens with zero attached hydrogens (tertiary/aromatic N) is 1. The fraction of sp³-hybridized carbons (Fsp3) is 0.280. The van der Waals surface area contributed by atoms with Gasteiger partial charge in [-0.1, -0.05) is 24.3 Å². The highest BCUT2D eigenvalue weighted by Crippen LogP contribution is 2.28. The zero-order chi connectivity index (χ0) is 23.1. The Morgan fingerprint density at radius 3 is 2.47 bits per heavy atom. The van der Waals surface area contributed by atoms with E-state index in [0.29, 0.717) is 41.8 Å². The van der Waals surface area contributed by atoms with E-state index in [9.17, 15) is 9.90 Å². The highest BCUT2D eigenvalue weighted by atomic mass is 16.5. The first kappa shape index (κ1) is 23.1. The van der Waals surface area contributed by atoms with Crippen LogP contribution in [-0.2, 0) is 11.2 Å². The number of amides is 1. The molecule has 0 atom stereocenters. The third-order valence-electron chi connectivity index (χ3n) is 4.78. The van der Waals surface area contributed by atoms with E-state index in [1.54, 1.807) is 32.4 Å². The van der Waals surface area contributed by atoms with Crippen LogP contribution in [-0.4, -0.2) is 42.4 Å². The van der Waals surface area contributed by atoms with Crippen molar-refractivity contribution in [1.82, 2.24) is 4.98 Å². The summed E-state index contributed by atoms with van der Waals surface area (Å²) in [6.07, 6.45) is 0.685. The number of aliphatic hydroxyl groups is 1. The summed E-state index contributed by atoms with van der Waals surface area (Å²) in [7, 11) is 3.22. The van der Waals surface area contributed by atoms with Crippen molar-refractivity contribution < 1.29 is 24.1 Å². The summed E-state index contributed by atoms with van der Waals surface area (Å²) < 4.78 is 16.5. The molecule has 7 heteroatoms. The lowest BCUT2D eigenvalue weighted by Gasteiger charge is -2.17. The first-order chi connectivity index (χ1) is 15.3. The van der Waals surface area contributed by atoms with Crippen LogP contribution < -0.4 is 19.5 Å². The predicted octanol–water partition coefficient (Wildman–Crippen LogP) is 4.10. The first-order valence-corrected chi connectivity index (χ1v) is 10.2. The van der Waals surface area contributed by atoms with Gasteiger partial charge < -0.3 is 24.6 Å². The molecule has 1 heterocycles. The maximum absolute atomic E-state index is 12.0. The maximum atomic E-state index is 12.0. The molecule has 0 saturated heterocycles. The van der Waals surface area contributed by atoms with Crippen molar-refractivity contribution >= 4 is 11.6 Å². The van der Waals surface area contributed by atoms with Crippen molar-refractivity contribution in [2.45, 2.75) is 25.9 Å². The summed E-state index contributed by atoms with van der Waals surface area (Å²) in [5.41, 5.74) is 1.72. The molecule has 0 spiro atoms.